The molecule has 7 heteroatoms. The summed E-state index contributed by atoms with van der Waals surface area (Å²) in [5.74, 6) is 0.291. The van der Waals surface area contributed by atoms with E-state index in [0.717, 1.165) is 5.69 Å². The minimum Gasteiger partial charge on any atom is -0.326 e. The molecule has 0 atom stereocenters. The predicted molar refractivity (Wildman–Crippen MR) is 115 cm³/mol. The molecule has 28 heavy (non-hydrogen) atoms. The van der Waals surface area contributed by atoms with Crippen LogP contribution in [0.1, 0.15) is 70.8 Å². The van der Waals surface area contributed by atoms with Crippen molar-refractivity contribution in [2.75, 3.05) is 11.9 Å². The molecule has 154 valence electrons. The van der Waals surface area contributed by atoms with E-state index in [1.165, 1.54) is 11.3 Å². The topological polar surface area (TPSA) is 67.2 Å². The van der Waals surface area contributed by atoms with Crippen LogP contribution in [0.25, 0.3) is 0 Å². The van der Waals surface area contributed by atoms with Crippen LogP contribution in [0.2, 0.25) is 0 Å². The number of anilines is 1. The maximum Gasteiger partial charge on any atom is 0.264 e. The molecule has 2 heterocycles. The van der Waals surface area contributed by atoms with Gasteiger partial charge in [0.2, 0.25) is 5.91 Å². The quantitative estimate of drug-likeness (QED) is 0.798. The van der Waals surface area contributed by atoms with Gasteiger partial charge >= 0.3 is 0 Å². The molecule has 2 rings (SSSR count). The molecule has 2 aromatic rings. The molecule has 0 aliphatic carbocycles. The summed E-state index contributed by atoms with van der Waals surface area (Å²) in [6, 6.07) is 5.46. The Bertz CT molecular complexity index is 824. The molecule has 0 aliphatic heterocycles. The maximum atomic E-state index is 12.8. The minimum absolute atomic E-state index is 0.00538. The SMILES string of the molecule is CC(C)N(CC(=O)Nc1cc(C(C)(C)C)nn1C(C)(C)C)C(=O)c1cccs1. The number of amides is 2. The molecule has 0 unspecified atom stereocenters. The van der Waals surface area contributed by atoms with Crippen LogP contribution in [0.3, 0.4) is 0 Å². The van der Waals surface area contributed by atoms with Gasteiger partial charge in [0.15, 0.2) is 0 Å². The molecule has 6 nitrogen and oxygen atoms in total. The number of hydrogen-bond donors (Lipinski definition) is 1. The molecule has 0 fully saturated rings. The van der Waals surface area contributed by atoms with Crippen LogP contribution in [-0.2, 0) is 15.7 Å². The van der Waals surface area contributed by atoms with Crippen molar-refractivity contribution in [2.45, 2.75) is 72.4 Å². The van der Waals surface area contributed by atoms with Crippen LogP contribution in [0.5, 0.6) is 0 Å². The number of carbonyl (C=O) groups is 2. The Morgan fingerprint density at radius 3 is 2.32 bits per heavy atom. The van der Waals surface area contributed by atoms with Crippen LogP contribution >= 0.6 is 11.3 Å². The first kappa shape index (κ1) is 22.1. The van der Waals surface area contributed by atoms with Gasteiger partial charge in [-0.15, -0.1) is 11.3 Å². The van der Waals surface area contributed by atoms with Gasteiger partial charge in [0.1, 0.15) is 12.4 Å². The zero-order chi connectivity index (χ0) is 21.3. The normalized spacial score (nSPS) is 12.3. The lowest BCUT2D eigenvalue weighted by atomic mass is 9.92. The van der Waals surface area contributed by atoms with Crippen LogP contribution in [0.15, 0.2) is 23.6 Å². The predicted octanol–water partition coefficient (Wildman–Crippen LogP) is 4.49. The van der Waals surface area contributed by atoms with Crippen molar-refractivity contribution >= 4 is 29.0 Å². The van der Waals surface area contributed by atoms with E-state index in [4.69, 9.17) is 5.10 Å². The van der Waals surface area contributed by atoms with Crippen molar-refractivity contribution in [1.29, 1.82) is 0 Å². The zero-order valence-corrected chi connectivity index (χ0v) is 19.0. The molecule has 1 N–H and O–H groups in total. The Morgan fingerprint density at radius 2 is 1.86 bits per heavy atom. The van der Waals surface area contributed by atoms with Crippen molar-refractivity contribution < 1.29 is 9.59 Å². The van der Waals surface area contributed by atoms with Crippen molar-refractivity contribution in [3.63, 3.8) is 0 Å². The van der Waals surface area contributed by atoms with Crippen molar-refractivity contribution in [3.05, 3.63) is 34.2 Å². The highest BCUT2D eigenvalue weighted by atomic mass is 32.1. The summed E-state index contributed by atoms with van der Waals surface area (Å²) in [6.45, 7) is 16.2. The Balaban J connectivity index is 2.23. The molecular formula is C21H32N4O2S. The van der Waals surface area contributed by atoms with E-state index < -0.39 is 0 Å². The number of carbonyl (C=O) groups excluding carboxylic acids is 2. The molecule has 0 bridgehead atoms. The summed E-state index contributed by atoms with van der Waals surface area (Å²) in [4.78, 5) is 27.8. The number of thiophene rings is 1. The second-order valence-corrected chi connectivity index (χ2v) is 10.2. The van der Waals surface area contributed by atoms with Crippen molar-refractivity contribution in [1.82, 2.24) is 14.7 Å². The van der Waals surface area contributed by atoms with Gasteiger partial charge in [0.05, 0.1) is 16.1 Å². The monoisotopic (exact) mass is 404 g/mol. The van der Waals surface area contributed by atoms with Gasteiger partial charge in [0, 0.05) is 17.5 Å². The summed E-state index contributed by atoms with van der Waals surface area (Å²) < 4.78 is 1.84. The smallest absolute Gasteiger partial charge is 0.264 e. The molecule has 0 radical (unpaired) electrons. The van der Waals surface area contributed by atoms with Crippen molar-refractivity contribution in [3.8, 4) is 0 Å². The first-order valence-corrected chi connectivity index (χ1v) is 10.4. The average Bonchev–Trinajstić information content (AvgIpc) is 3.20. The number of nitrogens with zero attached hydrogens (tertiary/aromatic N) is 3. The van der Waals surface area contributed by atoms with Crippen LogP contribution in [0, 0.1) is 0 Å². The number of rotatable bonds is 5. The summed E-state index contributed by atoms with van der Waals surface area (Å²) >= 11 is 1.38. The van der Waals surface area contributed by atoms with Crippen LogP contribution in [-0.4, -0.2) is 39.1 Å². The lowest BCUT2D eigenvalue weighted by Crippen LogP contribution is -2.42. The summed E-state index contributed by atoms with van der Waals surface area (Å²) in [5.41, 5.74) is 0.499. The Labute approximate surface area is 171 Å². The van der Waals surface area contributed by atoms with Gasteiger partial charge in [-0.05, 0) is 46.1 Å². The zero-order valence-electron chi connectivity index (χ0n) is 18.2. The second kappa shape index (κ2) is 8.07. The molecule has 0 spiro atoms. The fraction of sp³-hybridized carbons (Fsp3) is 0.571. The van der Waals surface area contributed by atoms with Crippen LogP contribution < -0.4 is 5.32 Å². The lowest BCUT2D eigenvalue weighted by Gasteiger charge is -2.26. The van der Waals surface area contributed by atoms with E-state index >= 15 is 0 Å². The van der Waals surface area contributed by atoms with Gasteiger partial charge in [-0.2, -0.15) is 5.10 Å². The van der Waals surface area contributed by atoms with E-state index in [2.05, 4.69) is 26.1 Å². The van der Waals surface area contributed by atoms with E-state index in [-0.39, 0.29) is 35.4 Å². The summed E-state index contributed by atoms with van der Waals surface area (Å²) in [6.07, 6.45) is 0. The fourth-order valence-corrected chi connectivity index (χ4v) is 3.39. The third-order valence-electron chi connectivity index (χ3n) is 4.31. The maximum absolute atomic E-state index is 12.8. The minimum atomic E-state index is -0.281. The molecule has 0 aliphatic rings. The molecule has 0 saturated heterocycles. The third-order valence-corrected chi connectivity index (χ3v) is 5.17. The van der Waals surface area contributed by atoms with Gasteiger partial charge < -0.3 is 10.2 Å². The van der Waals surface area contributed by atoms with Crippen LogP contribution in [0.4, 0.5) is 5.82 Å². The summed E-state index contributed by atoms with van der Waals surface area (Å²) in [5, 5.41) is 9.55. The first-order chi connectivity index (χ1) is 12.8. The van der Waals surface area contributed by atoms with Gasteiger partial charge in [0.25, 0.3) is 5.91 Å². The van der Waals surface area contributed by atoms with E-state index in [9.17, 15) is 9.59 Å². The molecule has 2 amide bonds. The lowest BCUT2D eigenvalue weighted by molar-refractivity contribution is -0.117. The largest absolute Gasteiger partial charge is 0.326 e. The second-order valence-electron chi connectivity index (χ2n) is 9.30. The molecular weight excluding hydrogens is 372 g/mol. The Hall–Kier alpha value is -2.15. The first-order valence-electron chi connectivity index (χ1n) is 9.56. The number of hydrogen-bond acceptors (Lipinski definition) is 4. The van der Waals surface area contributed by atoms with Crippen molar-refractivity contribution in [2.24, 2.45) is 0 Å². The van der Waals surface area contributed by atoms with E-state index in [0.29, 0.717) is 10.7 Å². The Kier molecular flexibility index (Phi) is 6.38. The molecule has 0 saturated carbocycles. The Morgan fingerprint density at radius 1 is 1.21 bits per heavy atom. The highest BCUT2D eigenvalue weighted by Crippen LogP contribution is 2.28. The number of aromatic nitrogens is 2. The van der Waals surface area contributed by atoms with Gasteiger partial charge in [-0.3, -0.25) is 9.59 Å². The average molecular weight is 405 g/mol. The summed E-state index contributed by atoms with van der Waals surface area (Å²) in [7, 11) is 0. The fourth-order valence-electron chi connectivity index (χ4n) is 2.72. The number of nitrogens with one attached hydrogen (secondary N) is 1. The van der Waals surface area contributed by atoms with Gasteiger partial charge in [-0.1, -0.05) is 26.8 Å². The highest BCUT2D eigenvalue weighted by molar-refractivity contribution is 7.12. The van der Waals surface area contributed by atoms with E-state index in [1.807, 2.05) is 56.8 Å². The molecule has 2 aromatic heterocycles. The van der Waals surface area contributed by atoms with Gasteiger partial charge in [-0.25, -0.2) is 4.68 Å². The van der Waals surface area contributed by atoms with E-state index in [1.54, 1.807) is 11.0 Å². The highest BCUT2D eigenvalue weighted by Gasteiger charge is 2.27. The third kappa shape index (κ3) is 5.22. The molecule has 0 aromatic carbocycles. The standard InChI is InChI=1S/C21H32N4O2S/c1-14(2)24(19(27)15-10-9-11-28-15)13-18(26)22-17-12-16(20(3,4)5)23-25(17)21(6,7)8/h9-12,14H,13H2,1-8H3,(H,22,26).